The Morgan fingerprint density at radius 3 is 1.80 bits per heavy atom. The molecule has 0 radical (unpaired) electrons. The van der Waals surface area contributed by atoms with Crippen molar-refractivity contribution in [3.05, 3.63) is 23.0 Å². The molecule has 2 N–H and O–H groups in total. The lowest BCUT2D eigenvalue weighted by Crippen LogP contribution is -2.08. The summed E-state index contributed by atoms with van der Waals surface area (Å²) in [6.45, 7) is 8.68. The molecule has 146 valence electrons. The van der Waals surface area contributed by atoms with Crippen molar-refractivity contribution in [2.24, 2.45) is 5.73 Å². The zero-order valence-electron chi connectivity index (χ0n) is 17.4. The van der Waals surface area contributed by atoms with Gasteiger partial charge in [-0.05, 0) is 50.8 Å². The minimum absolute atomic E-state index is 0.786. The third kappa shape index (κ3) is 9.49. The fourth-order valence-electron chi connectivity index (χ4n) is 3.78. The van der Waals surface area contributed by atoms with Gasteiger partial charge in [0.2, 0.25) is 0 Å². The minimum Gasteiger partial charge on any atom is -0.351 e. The van der Waals surface area contributed by atoms with Gasteiger partial charge in [0, 0.05) is 18.4 Å². The Morgan fingerprint density at radius 2 is 1.28 bits per heavy atom. The molecule has 0 saturated carbocycles. The summed E-state index contributed by atoms with van der Waals surface area (Å²) in [7, 11) is 0. The molecule has 0 saturated heterocycles. The maximum Gasteiger partial charge on any atom is 0.0234 e. The van der Waals surface area contributed by atoms with E-state index < -0.39 is 0 Å². The lowest BCUT2D eigenvalue weighted by molar-refractivity contribution is 0.539. The van der Waals surface area contributed by atoms with Crippen molar-refractivity contribution < 1.29 is 0 Å². The Labute approximate surface area is 157 Å². The molecule has 0 aliphatic heterocycles. The molecule has 0 aromatic carbocycles. The van der Waals surface area contributed by atoms with E-state index in [0.29, 0.717) is 0 Å². The van der Waals surface area contributed by atoms with Crippen molar-refractivity contribution in [3.63, 3.8) is 0 Å². The van der Waals surface area contributed by atoms with Gasteiger partial charge < -0.3 is 10.3 Å². The first-order valence-electron chi connectivity index (χ1n) is 11.1. The Kier molecular flexibility index (Phi) is 12.8. The normalized spacial score (nSPS) is 11.4. The molecular weight excluding hydrogens is 304 g/mol. The molecule has 1 rings (SSSR count). The third-order valence-corrected chi connectivity index (χ3v) is 5.59. The second-order valence-electron chi connectivity index (χ2n) is 7.86. The Hall–Kier alpha value is -0.760. The largest absolute Gasteiger partial charge is 0.351 e. The van der Waals surface area contributed by atoms with E-state index in [9.17, 15) is 0 Å². The summed E-state index contributed by atoms with van der Waals surface area (Å²) >= 11 is 0. The maximum atomic E-state index is 5.68. The summed E-state index contributed by atoms with van der Waals surface area (Å²) in [6.07, 6.45) is 21.7. The topological polar surface area (TPSA) is 30.9 Å². The summed E-state index contributed by atoms with van der Waals surface area (Å²) in [4.78, 5) is 0. The first-order chi connectivity index (χ1) is 12.2. The van der Waals surface area contributed by atoms with Gasteiger partial charge in [-0.2, -0.15) is 0 Å². The lowest BCUT2D eigenvalue weighted by Gasteiger charge is -2.10. The van der Waals surface area contributed by atoms with Crippen LogP contribution in [0.1, 0.15) is 107 Å². The number of nitrogens with two attached hydrogens (primary N) is 1. The molecule has 2 nitrogen and oxygen atoms in total. The number of aryl methyl sites for hydroxylation is 2. The van der Waals surface area contributed by atoms with Crippen LogP contribution in [-0.2, 0) is 13.0 Å². The van der Waals surface area contributed by atoms with Crippen molar-refractivity contribution in [1.29, 1.82) is 0 Å². The van der Waals surface area contributed by atoms with Gasteiger partial charge in [0.25, 0.3) is 0 Å². The molecule has 1 aromatic heterocycles. The molecule has 0 amide bonds. The first-order valence-corrected chi connectivity index (χ1v) is 11.1. The number of hydrogen-bond acceptors (Lipinski definition) is 1. The van der Waals surface area contributed by atoms with Crippen molar-refractivity contribution in [3.8, 4) is 0 Å². The van der Waals surface area contributed by atoms with Crippen LogP contribution in [0.2, 0.25) is 0 Å². The molecule has 0 fully saturated rings. The highest BCUT2D eigenvalue weighted by Crippen LogP contribution is 2.20. The van der Waals surface area contributed by atoms with Crippen LogP contribution in [0.25, 0.3) is 0 Å². The van der Waals surface area contributed by atoms with Crippen molar-refractivity contribution >= 4 is 0 Å². The molecular formula is C23H44N2. The molecule has 0 spiro atoms. The first kappa shape index (κ1) is 22.3. The van der Waals surface area contributed by atoms with Crippen molar-refractivity contribution in [2.45, 2.75) is 117 Å². The monoisotopic (exact) mass is 348 g/mol. The number of unbranched alkanes of at least 4 members (excludes halogenated alkanes) is 11. The van der Waals surface area contributed by atoms with Crippen LogP contribution in [0.3, 0.4) is 0 Å². The highest BCUT2D eigenvalue weighted by Gasteiger charge is 2.09. The van der Waals surface area contributed by atoms with Gasteiger partial charge >= 0.3 is 0 Å². The van der Waals surface area contributed by atoms with Gasteiger partial charge in [0.05, 0.1) is 0 Å². The van der Waals surface area contributed by atoms with Gasteiger partial charge in [0.1, 0.15) is 0 Å². The summed E-state index contributed by atoms with van der Waals surface area (Å²) < 4.78 is 2.45. The fourth-order valence-corrected chi connectivity index (χ4v) is 3.78. The van der Waals surface area contributed by atoms with Crippen LogP contribution >= 0.6 is 0 Å². The van der Waals surface area contributed by atoms with Crippen LogP contribution < -0.4 is 5.73 Å². The fraction of sp³-hybridized carbons (Fsp3) is 0.826. The molecule has 0 unspecified atom stereocenters. The third-order valence-electron chi connectivity index (χ3n) is 5.59. The van der Waals surface area contributed by atoms with Crippen molar-refractivity contribution in [1.82, 2.24) is 4.57 Å². The molecule has 0 bridgehead atoms. The van der Waals surface area contributed by atoms with E-state index in [1.165, 1.54) is 94.6 Å². The van der Waals surface area contributed by atoms with Crippen LogP contribution in [0.4, 0.5) is 0 Å². The maximum absolute atomic E-state index is 5.68. The Bertz CT molecular complexity index is 434. The van der Waals surface area contributed by atoms with Gasteiger partial charge in [-0.3, -0.25) is 0 Å². The van der Waals surface area contributed by atoms with Crippen LogP contribution in [0.5, 0.6) is 0 Å². The average Bonchev–Trinajstić information content (AvgIpc) is 2.88. The van der Waals surface area contributed by atoms with Crippen LogP contribution in [0.15, 0.2) is 6.20 Å². The minimum atomic E-state index is 0.786. The molecule has 0 aliphatic carbocycles. The Balaban J connectivity index is 2.06. The molecule has 0 aliphatic rings. The second kappa shape index (κ2) is 14.4. The summed E-state index contributed by atoms with van der Waals surface area (Å²) in [5.74, 6) is 0. The zero-order valence-corrected chi connectivity index (χ0v) is 17.4. The van der Waals surface area contributed by atoms with Crippen molar-refractivity contribution in [2.75, 3.05) is 6.54 Å². The van der Waals surface area contributed by atoms with E-state index in [2.05, 4.69) is 31.5 Å². The SMILES string of the molecule is CCCCCCCCCCCCCCc1c(C)c(C)cn1CCCN. The number of nitrogens with zero attached hydrogens (tertiary/aromatic N) is 1. The van der Waals surface area contributed by atoms with E-state index in [1.807, 2.05) is 0 Å². The van der Waals surface area contributed by atoms with Gasteiger partial charge in [-0.25, -0.2) is 0 Å². The zero-order chi connectivity index (χ0) is 18.3. The average molecular weight is 349 g/mol. The van der Waals surface area contributed by atoms with E-state index >= 15 is 0 Å². The standard InChI is InChI=1S/C23H44N2/c1-4-5-6-7-8-9-10-11-12-13-14-15-17-23-22(3)21(2)20-25(23)19-16-18-24/h20H,4-19,24H2,1-3H3. The molecule has 25 heavy (non-hydrogen) atoms. The molecule has 1 aromatic rings. The van der Waals surface area contributed by atoms with E-state index in [-0.39, 0.29) is 0 Å². The molecule has 2 heteroatoms. The smallest absolute Gasteiger partial charge is 0.0234 e. The lowest BCUT2D eigenvalue weighted by atomic mass is 10.0. The quantitative estimate of drug-likeness (QED) is 0.331. The van der Waals surface area contributed by atoms with Crippen LogP contribution in [0, 0.1) is 13.8 Å². The van der Waals surface area contributed by atoms with Crippen LogP contribution in [-0.4, -0.2) is 11.1 Å². The predicted octanol–water partition coefficient (Wildman–Crippen LogP) is 6.70. The van der Waals surface area contributed by atoms with Gasteiger partial charge in [0.15, 0.2) is 0 Å². The predicted molar refractivity (Wildman–Crippen MR) is 112 cm³/mol. The summed E-state index contributed by atoms with van der Waals surface area (Å²) in [5.41, 5.74) is 10.2. The number of rotatable bonds is 16. The molecule has 0 atom stereocenters. The van der Waals surface area contributed by atoms with Gasteiger partial charge in [-0.1, -0.05) is 77.6 Å². The van der Waals surface area contributed by atoms with E-state index in [1.54, 1.807) is 5.69 Å². The molecule has 1 heterocycles. The van der Waals surface area contributed by atoms with Gasteiger partial charge in [-0.15, -0.1) is 0 Å². The second-order valence-corrected chi connectivity index (χ2v) is 7.86. The van der Waals surface area contributed by atoms with E-state index in [4.69, 9.17) is 5.73 Å². The number of aromatic nitrogens is 1. The number of hydrogen-bond donors (Lipinski definition) is 1. The van der Waals surface area contributed by atoms with E-state index in [0.717, 1.165) is 19.5 Å². The summed E-state index contributed by atoms with van der Waals surface area (Å²) in [6, 6.07) is 0. The highest BCUT2D eigenvalue weighted by molar-refractivity contribution is 5.30. The summed E-state index contributed by atoms with van der Waals surface area (Å²) in [5, 5.41) is 0. The Morgan fingerprint density at radius 1 is 0.760 bits per heavy atom. The highest BCUT2D eigenvalue weighted by atomic mass is 15.0.